The van der Waals surface area contributed by atoms with Crippen molar-refractivity contribution in [1.29, 1.82) is 0 Å². The Morgan fingerprint density at radius 1 is 0.429 bits per heavy atom. The van der Waals surface area contributed by atoms with Gasteiger partial charge in [0.1, 0.15) is 0 Å². The molecule has 0 aliphatic heterocycles. The van der Waals surface area contributed by atoms with Crippen molar-refractivity contribution < 1.29 is 0 Å². The highest BCUT2D eigenvalue weighted by molar-refractivity contribution is 5.99. The molecule has 49 heavy (non-hydrogen) atoms. The van der Waals surface area contributed by atoms with Crippen LogP contribution in [0.3, 0.4) is 0 Å². The first-order valence-electron chi connectivity index (χ1n) is 16.8. The van der Waals surface area contributed by atoms with Gasteiger partial charge >= 0.3 is 0 Å². The van der Waals surface area contributed by atoms with Crippen LogP contribution >= 0.6 is 0 Å². The maximum Gasteiger partial charge on any atom is 0.160 e. The third-order valence-electron chi connectivity index (χ3n) is 9.97. The van der Waals surface area contributed by atoms with Crippen LogP contribution in [0.1, 0.15) is 25.0 Å². The third kappa shape index (κ3) is 4.94. The average molecular weight is 628 g/mol. The zero-order valence-electron chi connectivity index (χ0n) is 27.4. The van der Waals surface area contributed by atoms with Crippen LogP contribution in [0.5, 0.6) is 0 Å². The highest BCUT2D eigenvalue weighted by Gasteiger charge is 2.37. The molecule has 0 radical (unpaired) electrons. The van der Waals surface area contributed by atoms with Crippen molar-refractivity contribution in [2.75, 3.05) is 0 Å². The van der Waals surface area contributed by atoms with Gasteiger partial charge < -0.3 is 0 Å². The average Bonchev–Trinajstić information content (AvgIpc) is 3.39. The number of hydrogen-bond acceptors (Lipinski definition) is 3. The Hall–Kier alpha value is -6.19. The molecule has 0 atom stereocenters. The van der Waals surface area contributed by atoms with Crippen molar-refractivity contribution in [3.8, 4) is 67.3 Å². The van der Waals surface area contributed by atoms with E-state index in [0.717, 1.165) is 39.2 Å². The van der Waals surface area contributed by atoms with Crippen molar-refractivity contribution in [3.63, 3.8) is 0 Å². The van der Waals surface area contributed by atoms with E-state index in [-0.39, 0.29) is 5.41 Å². The molecule has 9 rings (SSSR count). The largest absolute Gasteiger partial charge is 0.264 e. The predicted molar refractivity (Wildman–Crippen MR) is 202 cm³/mol. The highest BCUT2D eigenvalue weighted by atomic mass is 14.9. The van der Waals surface area contributed by atoms with Crippen molar-refractivity contribution in [1.82, 2.24) is 15.0 Å². The first-order valence-corrected chi connectivity index (χ1v) is 16.8. The molecule has 0 spiro atoms. The third-order valence-corrected chi connectivity index (χ3v) is 9.97. The summed E-state index contributed by atoms with van der Waals surface area (Å²) in [6, 6.07) is 53.9. The Labute approximate surface area is 286 Å². The molecule has 0 fully saturated rings. The lowest BCUT2D eigenvalue weighted by Crippen LogP contribution is -2.14. The lowest BCUT2D eigenvalue weighted by atomic mass is 9.81. The van der Waals surface area contributed by atoms with Gasteiger partial charge in [-0.2, -0.15) is 0 Å². The maximum absolute atomic E-state index is 5.18. The van der Waals surface area contributed by atoms with Gasteiger partial charge in [0.05, 0.1) is 11.4 Å². The van der Waals surface area contributed by atoms with Crippen molar-refractivity contribution in [2.45, 2.75) is 19.3 Å². The van der Waals surface area contributed by atoms with E-state index in [9.17, 15) is 0 Å². The molecule has 0 N–H and O–H groups in total. The molecule has 3 heteroatoms. The van der Waals surface area contributed by atoms with Crippen molar-refractivity contribution >= 4 is 10.8 Å². The quantitative estimate of drug-likeness (QED) is 0.191. The second-order valence-electron chi connectivity index (χ2n) is 13.3. The molecule has 0 amide bonds. The van der Waals surface area contributed by atoms with Gasteiger partial charge in [-0.3, -0.25) is 4.98 Å². The van der Waals surface area contributed by atoms with Gasteiger partial charge in [0.2, 0.25) is 0 Å². The van der Waals surface area contributed by atoms with E-state index in [1.807, 2.05) is 30.5 Å². The Morgan fingerprint density at radius 3 is 1.90 bits per heavy atom. The zero-order chi connectivity index (χ0) is 33.0. The molecule has 2 heterocycles. The molecule has 232 valence electrons. The summed E-state index contributed by atoms with van der Waals surface area (Å²) in [4.78, 5) is 14.7. The van der Waals surface area contributed by atoms with Gasteiger partial charge in [-0.05, 0) is 80.0 Å². The zero-order valence-corrected chi connectivity index (χ0v) is 27.4. The number of nitrogens with zero attached hydrogens (tertiary/aromatic N) is 3. The fraction of sp³-hybridized carbons (Fsp3) is 0.0652. The summed E-state index contributed by atoms with van der Waals surface area (Å²) >= 11 is 0. The number of rotatable bonds is 5. The van der Waals surface area contributed by atoms with E-state index in [1.54, 1.807) is 6.20 Å². The van der Waals surface area contributed by atoms with Crippen molar-refractivity contribution in [2.24, 2.45) is 0 Å². The normalized spacial score (nSPS) is 12.9. The summed E-state index contributed by atoms with van der Waals surface area (Å²) in [5.74, 6) is 0.697. The molecule has 1 aliphatic carbocycles. The molecule has 2 aromatic heterocycles. The van der Waals surface area contributed by atoms with Crippen LogP contribution in [0.2, 0.25) is 0 Å². The predicted octanol–water partition coefficient (Wildman–Crippen LogP) is 11.7. The number of pyridine rings is 1. The summed E-state index contributed by atoms with van der Waals surface area (Å²) in [7, 11) is 0. The molecule has 6 aromatic carbocycles. The SMILES string of the molecule is CC1(C)c2cc3ccccc3cc2-c2c(-c3cccc(-c4cc(-c5ccccc5-c5cccnc5)nc(-c5ccccc5)n4)c3)cccc21. The van der Waals surface area contributed by atoms with E-state index < -0.39 is 0 Å². The van der Waals surface area contributed by atoms with Gasteiger partial charge in [-0.15, -0.1) is 0 Å². The molecule has 0 unspecified atom stereocenters. The topological polar surface area (TPSA) is 38.7 Å². The monoisotopic (exact) mass is 627 g/mol. The van der Waals surface area contributed by atoms with Crippen LogP contribution in [0.25, 0.3) is 78.1 Å². The first-order chi connectivity index (χ1) is 24.0. The molecule has 8 aromatic rings. The minimum atomic E-state index is -0.101. The maximum atomic E-state index is 5.18. The van der Waals surface area contributed by atoms with Crippen LogP contribution in [-0.2, 0) is 5.41 Å². The van der Waals surface area contributed by atoms with Crippen LogP contribution in [0.4, 0.5) is 0 Å². The Kier molecular flexibility index (Phi) is 6.80. The van der Waals surface area contributed by atoms with E-state index in [4.69, 9.17) is 9.97 Å². The molecule has 0 bridgehead atoms. The van der Waals surface area contributed by atoms with Crippen LogP contribution in [0.15, 0.2) is 164 Å². The number of hydrogen-bond donors (Lipinski definition) is 0. The van der Waals surface area contributed by atoms with Crippen molar-refractivity contribution in [3.05, 3.63) is 175 Å². The summed E-state index contributed by atoms with van der Waals surface area (Å²) in [6.07, 6.45) is 3.71. The van der Waals surface area contributed by atoms with Gasteiger partial charge in [0.15, 0.2) is 5.82 Å². The number of aromatic nitrogens is 3. The van der Waals surface area contributed by atoms with Crippen LogP contribution in [0, 0.1) is 0 Å². The van der Waals surface area contributed by atoms with Crippen LogP contribution in [-0.4, -0.2) is 15.0 Å². The summed E-state index contributed by atoms with van der Waals surface area (Å²) in [5, 5.41) is 2.55. The second kappa shape index (κ2) is 11.5. The summed E-state index contributed by atoms with van der Waals surface area (Å²) in [6.45, 7) is 4.70. The van der Waals surface area contributed by atoms with E-state index in [2.05, 4.69) is 146 Å². The fourth-order valence-electron chi connectivity index (χ4n) is 7.49. The molecular formula is C46H33N3. The summed E-state index contributed by atoms with van der Waals surface area (Å²) in [5.41, 5.74) is 14.7. The smallest absolute Gasteiger partial charge is 0.160 e. The van der Waals surface area contributed by atoms with Gasteiger partial charge in [0.25, 0.3) is 0 Å². The van der Waals surface area contributed by atoms with E-state index in [1.165, 1.54) is 44.2 Å². The molecular weight excluding hydrogens is 595 g/mol. The molecule has 3 nitrogen and oxygen atoms in total. The Bertz CT molecular complexity index is 2520. The van der Waals surface area contributed by atoms with Gasteiger partial charge in [-0.1, -0.05) is 135 Å². The van der Waals surface area contributed by atoms with Gasteiger partial charge in [-0.25, -0.2) is 9.97 Å². The van der Waals surface area contributed by atoms with Crippen LogP contribution < -0.4 is 0 Å². The number of benzene rings is 6. The highest BCUT2D eigenvalue weighted by Crippen LogP contribution is 2.53. The molecule has 1 aliphatic rings. The molecule has 0 saturated heterocycles. The number of fused-ring (bicyclic) bond motifs is 4. The lowest BCUT2D eigenvalue weighted by molar-refractivity contribution is 0.661. The Morgan fingerprint density at radius 2 is 1.08 bits per heavy atom. The van der Waals surface area contributed by atoms with Gasteiger partial charge in [0, 0.05) is 40.1 Å². The van der Waals surface area contributed by atoms with E-state index >= 15 is 0 Å². The fourth-order valence-corrected chi connectivity index (χ4v) is 7.49. The summed E-state index contributed by atoms with van der Waals surface area (Å²) < 4.78 is 0. The molecule has 0 saturated carbocycles. The first kappa shape index (κ1) is 29.0. The minimum absolute atomic E-state index is 0.101. The second-order valence-corrected chi connectivity index (χ2v) is 13.3. The lowest BCUT2D eigenvalue weighted by Gasteiger charge is -2.22. The van der Waals surface area contributed by atoms with E-state index in [0.29, 0.717) is 5.82 Å². The Balaban J connectivity index is 1.22. The minimum Gasteiger partial charge on any atom is -0.264 e. The standard InChI is InChI=1S/C46H33N3/c1-46(2)40-23-11-22-37(44(40)39-26-31-15-6-7-16-32(31)27-41(39)46)33-17-10-18-34(25-33)42-28-43(49-45(48-42)30-13-4-3-5-14-30)38-21-9-8-20-36(38)35-19-12-24-47-29-35/h3-29H,1-2H3.